The van der Waals surface area contributed by atoms with Gasteiger partial charge in [0.15, 0.2) is 5.82 Å². The Kier molecular flexibility index (Phi) is 6.94. The fraction of sp³-hybridized carbons (Fsp3) is 0.636. The third-order valence-electron chi connectivity index (χ3n) is 6.27. The van der Waals surface area contributed by atoms with Crippen molar-refractivity contribution in [2.75, 3.05) is 37.6 Å². The van der Waals surface area contributed by atoms with Crippen molar-refractivity contribution in [1.29, 1.82) is 0 Å². The molecule has 0 saturated carbocycles. The monoisotopic (exact) mass is 411 g/mol. The van der Waals surface area contributed by atoms with Crippen LogP contribution in [0.2, 0.25) is 0 Å². The number of anilines is 1. The van der Waals surface area contributed by atoms with E-state index < -0.39 is 0 Å². The molecule has 162 valence electrons. The van der Waals surface area contributed by atoms with Crippen molar-refractivity contribution >= 4 is 11.6 Å². The Bertz CT molecular complexity index is 828. The lowest BCUT2D eigenvalue weighted by Gasteiger charge is -2.31. The van der Waals surface area contributed by atoms with Crippen LogP contribution < -0.4 is 10.2 Å². The Morgan fingerprint density at radius 3 is 2.90 bits per heavy atom. The third-order valence-corrected chi connectivity index (χ3v) is 6.27. The fourth-order valence-corrected chi connectivity index (χ4v) is 4.41. The molecular formula is C22H33N7O. The molecule has 8 nitrogen and oxygen atoms in total. The number of para-hydroxylation sites is 1. The molecule has 1 fully saturated rings. The molecule has 2 aromatic rings. The standard InChI is InChI=1S/C22H33N7O/c1-18-9-14-27(15-10-18)16-21-24-25-26-29(21)17-22(30)23-11-5-13-28-12-4-7-19-6-2-3-8-20(19)28/h2-3,6,8,18H,4-5,7,9-17H2,1H3,(H,23,30). The number of tetrazole rings is 1. The quantitative estimate of drug-likeness (QED) is 0.668. The lowest BCUT2D eigenvalue weighted by Crippen LogP contribution is -2.35. The minimum absolute atomic E-state index is 0.0325. The molecule has 1 aromatic heterocycles. The SMILES string of the molecule is CC1CCN(Cc2nnnn2CC(=O)NCCCN2CCCc3ccccc32)CC1. The zero-order valence-electron chi connectivity index (χ0n) is 18.0. The fourth-order valence-electron chi connectivity index (χ4n) is 4.41. The van der Waals surface area contributed by atoms with Gasteiger partial charge in [0.1, 0.15) is 6.54 Å². The Morgan fingerprint density at radius 1 is 1.20 bits per heavy atom. The van der Waals surface area contributed by atoms with Crippen molar-refractivity contribution in [3.05, 3.63) is 35.7 Å². The van der Waals surface area contributed by atoms with E-state index in [0.717, 1.165) is 50.8 Å². The summed E-state index contributed by atoms with van der Waals surface area (Å²) in [4.78, 5) is 17.2. The molecule has 2 aliphatic rings. The van der Waals surface area contributed by atoms with E-state index in [-0.39, 0.29) is 12.5 Å². The lowest BCUT2D eigenvalue weighted by atomic mass is 9.99. The largest absolute Gasteiger partial charge is 0.371 e. The molecule has 3 heterocycles. The zero-order chi connectivity index (χ0) is 20.8. The number of aromatic nitrogens is 4. The number of nitrogens with one attached hydrogen (secondary N) is 1. The number of nitrogens with zero attached hydrogens (tertiary/aromatic N) is 6. The maximum Gasteiger partial charge on any atom is 0.241 e. The van der Waals surface area contributed by atoms with E-state index >= 15 is 0 Å². The van der Waals surface area contributed by atoms with E-state index in [1.165, 1.54) is 30.5 Å². The average molecular weight is 412 g/mol. The normalized spacial score (nSPS) is 17.7. The number of hydrogen-bond acceptors (Lipinski definition) is 6. The lowest BCUT2D eigenvalue weighted by molar-refractivity contribution is -0.121. The predicted molar refractivity (Wildman–Crippen MR) is 116 cm³/mol. The molecule has 1 N–H and O–H groups in total. The Hall–Kier alpha value is -2.48. The molecule has 0 atom stereocenters. The molecule has 0 spiro atoms. The van der Waals surface area contributed by atoms with Crippen molar-refractivity contribution in [3.63, 3.8) is 0 Å². The summed E-state index contributed by atoms with van der Waals surface area (Å²) < 4.78 is 1.63. The molecule has 2 aliphatic heterocycles. The van der Waals surface area contributed by atoms with E-state index in [4.69, 9.17) is 0 Å². The van der Waals surface area contributed by atoms with Crippen LogP contribution in [0.3, 0.4) is 0 Å². The molecule has 30 heavy (non-hydrogen) atoms. The highest BCUT2D eigenvalue weighted by molar-refractivity contribution is 5.75. The van der Waals surface area contributed by atoms with Gasteiger partial charge in [-0.05, 0) is 73.2 Å². The van der Waals surface area contributed by atoms with Crippen molar-refractivity contribution in [2.24, 2.45) is 5.92 Å². The molecule has 8 heteroatoms. The van der Waals surface area contributed by atoms with Crippen LogP contribution in [0.1, 0.15) is 44.0 Å². The number of amides is 1. The number of likely N-dealkylation sites (tertiary alicyclic amines) is 1. The van der Waals surface area contributed by atoms with Crippen molar-refractivity contribution < 1.29 is 4.79 Å². The van der Waals surface area contributed by atoms with Crippen LogP contribution in [-0.4, -0.2) is 63.7 Å². The van der Waals surface area contributed by atoms with Gasteiger partial charge >= 0.3 is 0 Å². The van der Waals surface area contributed by atoms with Crippen molar-refractivity contribution in [2.45, 2.75) is 52.1 Å². The first-order chi connectivity index (χ1) is 14.7. The van der Waals surface area contributed by atoms with E-state index in [1.54, 1.807) is 4.68 Å². The first-order valence-electron chi connectivity index (χ1n) is 11.3. The van der Waals surface area contributed by atoms with Gasteiger partial charge in [-0.15, -0.1) is 5.10 Å². The second-order valence-corrected chi connectivity index (χ2v) is 8.63. The molecule has 4 rings (SSSR count). The van der Waals surface area contributed by atoms with E-state index in [0.29, 0.717) is 13.1 Å². The number of piperidine rings is 1. The summed E-state index contributed by atoms with van der Waals surface area (Å²) >= 11 is 0. The van der Waals surface area contributed by atoms with E-state index in [2.05, 4.69) is 61.8 Å². The van der Waals surface area contributed by atoms with Gasteiger partial charge in [-0.2, -0.15) is 0 Å². The molecule has 1 amide bonds. The van der Waals surface area contributed by atoms with Crippen LogP contribution in [0, 0.1) is 5.92 Å². The molecular weight excluding hydrogens is 378 g/mol. The molecule has 0 aliphatic carbocycles. The number of carbonyl (C=O) groups excluding carboxylic acids is 1. The first-order valence-corrected chi connectivity index (χ1v) is 11.3. The summed E-state index contributed by atoms with van der Waals surface area (Å²) in [5.74, 6) is 1.53. The van der Waals surface area contributed by atoms with Gasteiger partial charge in [0.2, 0.25) is 5.91 Å². The number of benzene rings is 1. The van der Waals surface area contributed by atoms with Crippen LogP contribution in [0.15, 0.2) is 24.3 Å². The number of rotatable bonds is 8. The number of aryl methyl sites for hydroxylation is 1. The second kappa shape index (κ2) is 10.0. The first kappa shape index (κ1) is 20.8. The number of carbonyl (C=O) groups is 1. The van der Waals surface area contributed by atoms with Gasteiger partial charge in [0.05, 0.1) is 6.54 Å². The Morgan fingerprint density at radius 2 is 2.03 bits per heavy atom. The van der Waals surface area contributed by atoms with E-state index in [1.807, 2.05) is 0 Å². The predicted octanol–water partition coefficient (Wildman–Crippen LogP) is 1.86. The van der Waals surface area contributed by atoms with Crippen LogP contribution in [0.25, 0.3) is 0 Å². The summed E-state index contributed by atoms with van der Waals surface area (Å²) in [5, 5.41) is 15.0. The number of hydrogen-bond donors (Lipinski definition) is 1. The van der Waals surface area contributed by atoms with Gasteiger partial charge in [-0.1, -0.05) is 25.1 Å². The van der Waals surface area contributed by atoms with Gasteiger partial charge in [0.25, 0.3) is 0 Å². The maximum atomic E-state index is 12.4. The Balaban J connectivity index is 1.19. The molecule has 1 saturated heterocycles. The Labute approximate surface area is 178 Å². The minimum atomic E-state index is -0.0325. The topological polar surface area (TPSA) is 79.2 Å². The highest BCUT2D eigenvalue weighted by atomic mass is 16.2. The smallest absolute Gasteiger partial charge is 0.241 e. The average Bonchev–Trinajstić information content (AvgIpc) is 3.19. The third kappa shape index (κ3) is 5.36. The molecule has 0 bridgehead atoms. The van der Waals surface area contributed by atoms with Gasteiger partial charge in [0, 0.05) is 25.3 Å². The second-order valence-electron chi connectivity index (χ2n) is 8.63. The van der Waals surface area contributed by atoms with Crippen LogP contribution in [0.5, 0.6) is 0 Å². The molecule has 0 radical (unpaired) electrons. The number of fused-ring (bicyclic) bond motifs is 1. The van der Waals surface area contributed by atoms with Crippen molar-refractivity contribution in [3.8, 4) is 0 Å². The van der Waals surface area contributed by atoms with Gasteiger partial charge in [-0.3, -0.25) is 9.69 Å². The van der Waals surface area contributed by atoms with Gasteiger partial charge in [-0.25, -0.2) is 4.68 Å². The maximum absolute atomic E-state index is 12.4. The highest BCUT2D eigenvalue weighted by Gasteiger charge is 2.19. The van der Waals surface area contributed by atoms with E-state index in [9.17, 15) is 4.79 Å². The molecule has 1 aromatic carbocycles. The summed E-state index contributed by atoms with van der Waals surface area (Å²) in [7, 11) is 0. The zero-order valence-corrected chi connectivity index (χ0v) is 18.0. The van der Waals surface area contributed by atoms with Crippen molar-refractivity contribution in [1.82, 2.24) is 30.4 Å². The van der Waals surface area contributed by atoms with Crippen LogP contribution in [-0.2, 0) is 24.3 Å². The summed E-state index contributed by atoms with van der Waals surface area (Å²) in [5.41, 5.74) is 2.78. The minimum Gasteiger partial charge on any atom is -0.371 e. The molecule has 0 unspecified atom stereocenters. The summed E-state index contributed by atoms with van der Waals surface area (Å²) in [6, 6.07) is 8.64. The van der Waals surface area contributed by atoms with Gasteiger partial charge < -0.3 is 10.2 Å². The highest BCUT2D eigenvalue weighted by Crippen LogP contribution is 2.26. The van der Waals surface area contributed by atoms with Crippen LogP contribution in [0.4, 0.5) is 5.69 Å². The summed E-state index contributed by atoms with van der Waals surface area (Å²) in [6.07, 6.45) is 5.71. The summed E-state index contributed by atoms with van der Waals surface area (Å²) in [6.45, 7) is 8.05. The van der Waals surface area contributed by atoms with Crippen LogP contribution >= 0.6 is 0 Å².